The number of hydrogen-bond donors (Lipinski definition) is 1. The van der Waals surface area contributed by atoms with Crippen LogP contribution in [0.5, 0.6) is 5.75 Å². The van der Waals surface area contributed by atoms with Crippen molar-refractivity contribution in [1.82, 2.24) is 4.98 Å². The molecule has 0 amide bonds. The minimum atomic E-state index is 0.234. The molecular formula is C7H8BrNO. The SMILES string of the molecule is Cc1ncc(O)c(C)c1Br. The van der Waals surface area contributed by atoms with E-state index in [0.717, 1.165) is 15.7 Å². The number of aryl methyl sites for hydroxylation is 1. The Bertz CT molecular complexity index is 233. The molecule has 0 fully saturated rings. The molecule has 0 atom stereocenters. The van der Waals surface area contributed by atoms with E-state index in [1.54, 1.807) is 0 Å². The molecule has 1 N–H and O–H groups in total. The monoisotopic (exact) mass is 201 g/mol. The van der Waals surface area contributed by atoms with Gasteiger partial charge in [0.1, 0.15) is 5.75 Å². The Morgan fingerprint density at radius 1 is 1.50 bits per heavy atom. The van der Waals surface area contributed by atoms with Gasteiger partial charge in [0, 0.05) is 10.0 Å². The van der Waals surface area contributed by atoms with Crippen LogP contribution in [0, 0.1) is 13.8 Å². The van der Waals surface area contributed by atoms with E-state index in [2.05, 4.69) is 20.9 Å². The molecule has 10 heavy (non-hydrogen) atoms. The van der Waals surface area contributed by atoms with Crippen molar-refractivity contribution in [3.63, 3.8) is 0 Å². The predicted molar refractivity (Wildman–Crippen MR) is 43.1 cm³/mol. The third kappa shape index (κ3) is 1.14. The number of aromatic hydroxyl groups is 1. The molecule has 0 unspecified atom stereocenters. The topological polar surface area (TPSA) is 33.1 Å². The zero-order valence-electron chi connectivity index (χ0n) is 5.85. The molecule has 0 aliphatic rings. The molecule has 0 saturated heterocycles. The Labute approximate surface area is 68.0 Å². The summed E-state index contributed by atoms with van der Waals surface area (Å²) in [7, 11) is 0. The van der Waals surface area contributed by atoms with E-state index in [4.69, 9.17) is 5.11 Å². The highest BCUT2D eigenvalue weighted by atomic mass is 79.9. The number of hydrogen-bond acceptors (Lipinski definition) is 2. The second-order valence-corrected chi connectivity index (χ2v) is 2.96. The molecule has 0 radical (unpaired) electrons. The summed E-state index contributed by atoms with van der Waals surface area (Å²) in [5, 5.41) is 9.13. The first-order chi connectivity index (χ1) is 4.63. The normalized spacial score (nSPS) is 9.90. The average Bonchev–Trinajstić information content (AvgIpc) is 1.93. The van der Waals surface area contributed by atoms with Crippen LogP contribution in [0.15, 0.2) is 10.7 Å². The fourth-order valence-corrected chi connectivity index (χ4v) is 1.00. The highest BCUT2D eigenvalue weighted by Gasteiger charge is 2.03. The zero-order valence-corrected chi connectivity index (χ0v) is 7.44. The van der Waals surface area contributed by atoms with Gasteiger partial charge < -0.3 is 5.11 Å². The van der Waals surface area contributed by atoms with Crippen LogP contribution in [-0.4, -0.2) is 10.1 Å². The lowest BCUT2D eigenvalue weighted by Gasteiger charge is -2.02. The molecule has 1 heterocycles. The summed E-state index contributed by atoms with van der Waals surface area (Å²) in [6, 6.07) is 0. The molecule has 1 aromatic heterocycles. The van der Waals surface area contributed by atoms with Crippen molar-refractivity contribution in [1.29, 1.82) is 0 Å². The van der Waals surface area contributed by atoms with Gasteiger partial charge in [0.25, 0.3) is 0 Å². The molecule has 0 spiro atoms. The van der Waals surface area contributed by atoms with Crippen molar-refractivity contribution < 1.29 is 5.11 Å². The first-order valence-corrected chi connectivity index (χ1v) is 3.73. The predicted octanol–water partition coefficient (Wildman–Crippen LogP) is 2.17. The Hall–Kier alpha value is -0.570. The summed E-state index contributed by atoms with van der Waals surface area (Å²) in [6.45, 7) is 3.73. The van der Waals surface area contributed by atoms with Gasteiger partial charge in [-0.3, -0.25) is 4.98 Å². The largest absolute Gasteiger partial charge is 0.506 e. The van der Waals surface area contributed by atoms with Crippen molar-refractivity contribution in [2.24, 2.45) is 0 Å². The van der Waals surface area contributed by atoms with E-state index in [1.165, 1.54) is 6.20 Å². The maximum Gasteiger partial charge on any atom is 0.137 e. The number of nitrogens with zero attached hydrogens (tertiary/aromatic N) is 1. The molecular weight excluding hydrogens is 194 g/mol. The van der Waals surface area contributed by atoms with E-state index in [-0.39, 0.29) is 5.75 Å². The summed E-state index contributed by atoms with van der Waals surface area (Å²) in [4.78, 5) is 3.94. The Kier molecular flexibility index (Phi) is 1.94. The van der Waals surface area contributed by atoms with Gasteiger partial charge in [-0.2, -0.15) is 0 Å². The van der Waals surface area contributed by atoms with Gasteiger partial charge in [0.2, 0.25) is 0 Å². The van der Waals surface area contributed by atoms with Crippen molar-refractivity contribution in [2.75, 3.05) is 0 Å². The first-order valence-electron chi connectivity index (χ1n) is 2.93. The molecule has 1 aromatic rings. The smallest absolute Gasteiger partial charge is 0.137 e. The molecule has 0 saturated carbocycles. The Morgan fingerprint density at radius 3 is 2.60 bits per heavy atom. The number of halogens is 1. The second-order valence-electron chi connectivity index (χ2n) is 2.17. The lowest BCUT2D eigenvalue weighted by atomic mass is 10.2. The van der Waals surface area contributed by atoms with Gasteiger partial charge in [-0.1, -0.05) is 0 Å². The molecule has 0 aliphatic carbocycles. The third-order valence-corrected chi connectivity index (χ3v) is 2.58. The van der Waals surface area contributed by atoms with Crippen molar-refractivity contribution >= 4 is 15.9 Å². The standard InChI is InChI=1S/C7H8BrNO/c1-4-6(10)3-9-5(2)7(4)8/h3,10H,1-2H3. The minimum absolute atomic E-state index is 0.234. The van der Waals surface area contributed by atoms with Crippen molar-refractivity contribution in [2.45, 2.75) is 13.8 Å². The highest BCUT2D eigenvalue weighted by molar-refractivity contribution is 9.10. The van der Waals surface area contributed by atoms with E-state index >= 15 is 0 Å². The fourth-order valence-electron chi connectivity index (χ4n) is 0.695. The number of rotatable bonds is 0. The van der Waals surface area contributed by atoms with Crippen LogP contribution in [0.2, 0.25) is 0 Å². The van der Waals surface area contributed by atoms with Gasteiger partial charge in [-0.15, -0.1) is 0 Å². The average molecular weight is 202 g/mol. The summed E-state index contributed by atoms with van der Waals surface area (Å²) in [6.07, 6.45) is 1.45. The quantitative estimate of drug-likeness (QED) is 0.699. The number of pyridine rings is 1. The Morgan fingerprint density at radius 2 is 2.10 bits per heavy atom. The van der Waals surface area contributed by atoms with Crippen LogP contribution in [-0.2, 0) is 0 Å². The van der Waals surface area contributed by atoms with E-state index < -0.39 is 0 Å². The molecule has 1 rings (SSSR count). The van der Waals surface area contributed by atoms with Crippen molar-refractivity contribution in [3.05, 3.63) is 21.9 Å². The second kappa shape index (κ2) is 2.58. The molecule has 0 bridgehead atoms. The maximum absolute atomic E-state index is 9.13. The summed E-state index contributed by atoms with van der Waals surface area (Å²) in [5.74, 6) is 0.234. The molecule has 0 aliphatic heterocycles. The minimum Gasteiger partial charge on any atom is -0.506 e. The van der Waals surface area contributed by atoms with Gasteiger partial charge in [-0.05, 0) is 29.8 Å². The molecule has 54 valence electrons. The summed E-state index contributed by atoms with van der Waals surface area (Å²) < 4.78 is 0.882. The van der Waals surface area contributed by atoms with Crippen LogP contribution in [0.3, 0.4) is 0 Å². The lowest BCUT2D eigenvalue weighted by molar-refractivity contribution is 0.467. The molecule has 2 nitrogen and oxygen atoms in total. The van der Waals surface area contributed by atoms with Crippen LogP contribution in [0.4, 0.5) is 0 Å². The lowest BCUT2D eigenvalue weighted by Crippen LogP contribution is -1.85. The summed E-state index contributed by atoms with van der Waals surface area (Å²) >= 11 is 3.31. The third-order valence-electron chi connectivity index (χ3n) is 1.41. The molecule has 3 heteroatoms. The van der Waals surface area contributed by atoms with Crippen molar-refractivity contribution in [3.8, 4) is 5.75 Å². The fraction of sp³-hybridized carbons (Fsp3) is 0.286. The van der Waals surface area contributed by atoms with Gasteiger partial charge in [0.05, 0.1) is 11.9 Å². The van der Waals surface area contributed by atoms with E-state index in [1.807, 2.05) is 13.8 Å². The summed E-state index contributed by atoms with van der Waals surface area (Å²) in [5.41, 5.74) is 1.74. The van der Waals surface area contributed by atoms with Crippen LogP contribution < -0.4 is 0 Å². The van der Waals surface area contributed by atoms with E-state index in [9.17, 15) is 0 Å². The van der Waals surface area contributed by atoms with Crippen LogP contribution in [0.25, 0.3) is 0 Å². The van der Waals surface area contributed by atoms with Crippen LogP contribution in [0.1, 0.15) is 11.3 Å². The zero-order chi connectivity index (χ0) is 7.72. The van der Waals surface area contributed by atoms with Gasteiger partial charge >= 0.3 is 0 Å². The highest BCUT2D eigenvalue weighted by Crippen LogP contribution is 2.25. The number of aromatic nitrogens is 1. The van der Waals surface area contributed by atoms with Gasteiger partial charge in [0.15, 0.2) is 0 Å². The Balaban J connectivity index is 3.34. The molecule has 0 aromatic carbocycles. The first kappa shape index (κ1) is 7.54. The maximum atomic E-state index is 9.13. The van der Waals surface area contributed by atoms with Crippen LogP contribution >= 0.6 is 15.9 Å². The van der Waals surface area contributed by atoms with Gasteiger partial charge in [-0.25, -0.2) is 0 Å². The van der Waals surface area contributed by atoms with E-state index in [0.29, 0.717) is 0 Å².